The zero-order valence-electron chi connectivity index (χ0n) is 16.7. The van der Waals surface area contributed by atoms with Crippen LogP contribution in [0.1, 0.15) is 103 Å². The molecule has 0 aliphatic carbocycles. The summed E-state index contributed by atoms with van der Waals surface area (Å²) in [5.74, 6) is 0. The van der Waals surface area contributed by atoms with Gasteiger partial charge in [0.05, 0.1) is 0 Å². The van der Waals surface area contributed by atoms with Gasteiger partial charge >= 0.3 is 8.56 Å². The van der Waals surface area contributed by atoms with Crippen LogP contribution in [0.4, 0.5) is 0 Å². The average molecular weight is 375 g/mol. The molecule has 0 aromatic heterocycles. The Labute approximate surface area is 158 Å². The number of hydrogen-bond acceptors (Lipinski definition) is 4. The summed E-state index contributed by atoms with van der Waals surface area (Å²) in [7, 11) is -2.90. The molecule has 4 nitrogen and oxygen atoms in total. The summed E-state index contributed by atoms with van der Waals surface area (Å²) < 4.78 is 0. The Morgan fingerprint density at radius 2 is 0.640 bits per heavy atom. The largest absolute Gasteiger partial charge is 0.411 e. The molecule has 25 heavy (non-hydrogen) atoms. The van der Waals surface area contributed by atoms with Gasteiger partial charge in [0, 0.05) is 0 Å². The Morgan fingerprint density at radius 1 is 0.400 bits per heavy atom. The molecular formula is C20H46N2O2Si. The van der Waals surface area contributed by atoms with Crippen LogP contribution < -0.4 is 11.5 Å². The molecule has 0 saturated carbocycles. The SMILES string of the molecule is NCCCCCCCCCC[Si](O)(O)CCCCCCCCCCN. The van der Waals surface area contributed by atoms with Gasteiger partial charge in [-0.3, -0.25) is 0 Å². The lowest BCUT2D eigenvalue weighted by molar-refractivity contribution is 0.350. The maximum atomic E-state index is 10.2. The van der Waals surface area contributed by atoms with Crippen molar-refractivity contribution in [2.45, 2.75) is 115 Å². The summed E-state index contributed by atoms with van der Waals surface area (Å²) in [4.78, 5) is 20.4. The van der Waals surface area contributed by atoms with Crippen molar-refractivity contribution in [2.24, 2.45) is 11.5 Å². The maximum absolute atomic E-state index is 10.2. The van der Waals surface area contributed by atoms with Gasteiger partial charge in [0.1, 0.15) is 0 Å². The van der Waals surface area contributed by atoms with Crippen LogP contribution in [0.5, 0.6) is 0 Å². The monoisotopic (exact) mass is 374 g/mol. The van der Waals surface area contributed by atoms with Crippen LogP contribution in [0.2, 0.25) is 12.1 Å². The first kappa shape index (κ1) is 25.1. The number of unbranched alkanes of at least 4 members (excludes halogenated alkanes) is 14. The molecule has 0 rings (SSSR count). The van der Waals surface area contributed by atoms with Crippen LogP contribution in [0.25, 0.3) is 0 Å². The van der Waals surface area contributed by atoms with Crippen molar-refractivity contribution in [2.75, 3.05) is 13.1 Å². The summed E-state index contributed by atoms with van der Waals surface area (Å²) in [5, 5.41) is 0. The standard InChI is InChI=1S/C20H46N2O2Si/c21-17-13-9-5-1-3-7-11-15-19-25(23,24)20-16-12-8-4-2-6-10-14-18-22/h23-24H,1-22H2. The van der Waals surface area contributed by atoms with Gasteiger partial charge in [-0.15, -0.1) is 0 Å². The summed E-state index contributed by atoms with van der Waals surface area (Å²) in [6.45, 7) is 1.63. The van der Waals surface area contributed by atoms with Crippen molar-refractivity contribution in [3.63, 3.8) is 0 Å². The molecule has 0 aromatic rings. The molecule has 0 saturated heterocycles. The van der Waals surface area contributed by atoms with Gasteiger partial charge in [0.2, 0.25) is 0 Å². The predicted octanol–water partition coefficient (Wildman–Crippen LogP) is 4.57. The second-order valence-electron chi connectivity index (χ2n) is 7.72. The van der Waals surface area contributed by atoms with Crippen LogP contribution >= 0.6 is 0 Å². The number of nitrogens with two attached hydrogens (primary N) is 2. The molecule has 0 spiro atoms. The molecule has 0 atom stereocenters. The van der Waals surface area contributed by atoms with E-state index in [1.54, 1.807) is 0 Å². The first-order valence-electron chi connectivity index (χ1n) is 11.0. The van der Waals surface area contributed by atoms with E-state index >= 15 is 0 Å². The van der Waals surface area contributed by atoms with Crippen molar-refractivity contribution in [1.29, 1.82) is 0 Å². The van der Waals surface area contributed by atoms with Crippen LogP contribution in [0, 0.1) is 0 Å². The third-order valence-electron chi connectivity index (χ3n) is 5.06. The van der Waals surface area contributed by atoms with E-state index < -0.39 is 8.56 Å². The first-order chi connectivity index (χ1) is 12.1. The summed E-state index contributed by atoms with van der Waals surface area (Å²) in [5.41, 5.74) is 11.0. The van der Waals surface area contributed by atoms with Crippen molar-refractivity contribution in [3.05, 3.63) is 0 Å². The van der Waals surface area contributed by atoms with E-state index in [-0.39, 0.29) is 0 Å². The molecule has 152 valence electrons. The highest BCUT2D eigenvalue weighted by Gasteiger charge is 2.27. The van der Waals surface area contributed by atoms with Gasteiger partial charge < -0.3 is 21.1 Å². The number of hydrogen-bond donors (Lipinski definition) is 4. The molecule has 0 bridgehead atoms. The lowest BCUT2D eigenvalue weighted by Gasteiger charge is -2.17. The molecule has 6 N–H and O–H groups in total. The molecule has 0 unspecified atom stereocenters. The van der Waals surface area contributed by atoms with Crippen molar-refractivity contribution < 1.29 is 9.59 Å². The van der Waals surface area contributed by atoms with E-state index in [0.29, 0.717) is 12.1 Å². The van der Waals surface area contributed by atoms with Gasteiger partial charge in [0.25, 0.3) is 0 Å². The van der Waals surface area contributed by atoms with Crippen LogP contribution in [0.3, 0.4) is 0 Å². The molecular weight excluding hydrogens is 328 g/mol. The van der Waals surface area contributed by atoms with E-state index in [9.17, 15) is 9.59 Å². The van der Waals surface area contributed by atoms with E-state index in [1.165, 1.54) is 64.2 Å². The van der Waals surface area contributed by atoms with Gasteiger partial charge in [-0.25, -0.2) is 0 Å². The lowest BCUT2D eigenvalue weighted by Crippen LogP contribution is -2.33. The fourth-order valence-electron chi connectivity index (χ4n) is 3.35. The smallest absolute Gasteiger partial charge is 0.332 e. The van der Waals surface area contributed by atoms with Gasteiger partial charge in [-0.1, -0.05) is 89.9 Å². The minimum absolute atomic E-state index is 0.666. The topological polar surface area (TPSA) is 92.5 Å². The third kappa shape index (κ3) is 20.2. The van der Waals surface area contributed by atoms with Crippen LogP contribution in [-0.4, -0.2) is 31.2 Å². The quantitative estimate of drug-likeness (QED) is 0.185. The normalized spacial score (nSPS) is 12.0. The van der Waals surface area contributed by atoms with Crippen molar-refractivity contribution in [3.8, 4) is 0 Å². The van der Waals surface area contributed by atoms with Gasteiger partial charge in [-0.2, -0.15) is 0 Å². The molecule has 0 aliphatic rings. The van der Waals surface area contributed by atoms with Crippen LogP contribution in [-0.2, 0) is 0 Å². The summed E-state index contributed by atoms with van der Waals surface area (Å²) in [6.07, 6.45) is 19.3. The van der Waals surface area contributed by atoms with Gasteiger partial charge in [0.15, 0.2) is 0 Å². The summed E-state index contributed by atoms with van der Waals surface area (Å²) >= 11 is 0. The minimum atomic E-state index is -2.90. The summed E-state index contributed by atoms with van der Waals surface area (Å²) in [6, 6.07) is 1.33. The van der Waals surface area contributed by atoms with E-state index in [2.05, 4.69) is 0 Å². The Balaban J connectivity index is 3.32. The zero-order valence-corrected chi connectivity index (χ0v) is 17.7. The Morgan fingerprint density at radius 3 is 0.920 bits per heavy atom. The predicted molar refractivity (Wildman–Crippen MR) is 112 cm³/mol. The first-order valence-corrected chi connectivity index (χ1v) is 13.3. The highest BCUT2D eigenvalue weighted by molar-refractivity contribution is 6.64. The molecule has 0 amide bonds. The highest BCUT2D eigenvalue weighted by atomic mass is 28.4. The fraction of sp³-hybridized carbons (Fsp3) is 1.00. The molecule has 5 heteroatoms. The molecule has 0 heterocycles. The van der Waals surface area contributed by atoms with Gasteiger partial charge in [-0.05, 0) is 38.0 Å². The zero-order chi connectivity index (χ0) is 18.6. The molecule has 0 aliphatic heterocycles. The average Bonchev–Trinajstić information content (AvgIpc) is 2.59. The van der Waals surface area contributed by atoms with E-state index in [4.69, 9.17) is 11.5 Å². The fourth-order valence-corrected chi connectivity index (χ4v) is 5.23. The maximum Gasteiger partial charge on any atom is 0.332 e. The van der Waals surface area contributed by atoms with Crippen LogP contribution in [0.15, 0.2) is 0 Å². The minimum Gasteiger partial charge on any atom is -0.411 e. The van der Waals surface area contributed by atoms with E-state index in [1.807, 2.05) is 0 Å². The highest BCUT2D eigenvalue weighted by Crippen LogP contribution is 2.19. The molecule has 0 radical (unpaired) electrons. The second kappa shape index (κ2) is 18.8. The molecule has 0 aromatic carbocycles. The number of rotatable bonds is 20. The third-order valence-corrected chi connectivity index (χ3v) is 7.37. The van der Waals surface area contributed by atoms with Crippen molar-refractivity contribution in [1.82, 2.24) is 0 Å². The lowest BCUT2D eigenvalue weighted by atomic mass is 10.1. The Bertz CT molecular complexity index is 242. The van der Waals surface area contributed by atoms with E-state index in [0.717, 1.165) is 51.6 Å². The molecule has 0 fully saturated rings. The Hall–Kier alpha value is 0.0569. The second-order valence-corrected chi connectivity index (χ2v) is 10.7. The van der Waals surface area contributed by atoms with Crippen molar-refractivity contribution >= 4 is 8.56 Å². The Kier molecular flexibility index (Phi) is 18.9.